The van der Waals surface area contributed by atoms with E-state index in [-0.39, 0.29) is 6.42 Å². The van der Waals surface area contributed by atoms with Crippen LogP contribution in [0, 0.1) is 5.82 Å². The molecule has 0 aliphatic carbocycles. The number of halogens is 1. The average Bonchev–Trinajstić information content (AvgIpc) is 2.91. The lowest BCUT2D eigenvalue weighted by Gasteiger charge is -2.25. The van der Waals surface area contributed by atoms with Crippen LogP contribution >= 0.6 is 0 Å². The maximum Gasteiger partial charge on any atom is 0.325 e. The molecule has 4 rings (SSSR count). The minimum absolute atomic E-state index is 0.253. The van der Waals surface area contributed by atoms with Gasteiger partial charge in [-0.05, 0) is 36.2 Å². The van der Waals surface area contributed by atoms with Gasteiger partial charge in [0.15, 0.2) is 11.5 Å². The Labute approximate surface area is 178 Å². The van der Waals surface area contributed by atoms with E-state index in [2.05, 4.69) is 10.6 Å². The fraction of sp³-hybridized carbons (Fsp3) is 0.318. The Balaban J connectivity index is 1.48. The molecule has 2 aromatic carbocycles. The zero-order valence-electron chi connectivity index (χ0n) is 16.9. The molecule has 4 amide bonds. The van der Waals surface area contributed by atoms with E-state index in [0.717, 1.165) is 11.3 Å². The summed E-state index contributed by atoms with van der Waals surface area (Å²) in [6.45, 7) is 2.35. The zero-order valence-corrected chi connectivity index (χ0v) is 16.9. The Hall–Kier alpha value is -3.62. The molecule has 1 atom stereocenters. The number of ether oxygens (including phenoxy) is 2. The third-order valence-electron chi connectivity index (χ3n) is 5.38. The van der Waals surface area contributed by atoms with Gasteiger partial charge in [0.25, 0.3) is 5.91 Å². The largest absolute Gasteiger partial charge is 0.490 e. The van der Waals surface area contributed by atoms with Gasteiger partial charge in [0, 0.05) is 18.2 Å². The number of fused-ring (bicyclic) bond motifs is 1. The van der Waals surface area contributed by atoms with E-state index in [0.29, 0.717) is 36.0 Å². The van der Waals surface area contributed by atoms with E-state index in [1.807, 2.05) is 0 Å². The summed E-state index contributed by atoms with van der Waals surface area (Å²) in [6.07, 6.45) is 1.01. The van der Waals surface area contributed by atoms with Crippen LogP contribution in [0.25, 0.3) is 0 Å². The monoisotopic (exact) mass is 427 g/mol. The lowest BCUT2D eigenvalue weighted by Crippen LogP contribution is -2.44. The Bertz CT molecular complexity index is 1030. The minimum Gasteiger partial charge on any atom is -0.490 e. The predicted molar refractivity (Wildman–Crippen MR) is 109 cm³/mol. The highest BCUT2D eigenvalue weighted by molar-refractivity contribution is 6.10. The molecule has 1 fully saturated rings. The summed E-state index contributed by atoms with van der Waals surface area (Å²) in [7, 11) is 0. The molecule has 2 aliphatic heterocycles. The van der Waals surface area contributed by atoms with Gasteiger partial charge in [-0.25, -0.2) is 9.18 Å². The highest BCUT2D eigenvalue weighted by atomic mass is 19.1. The average molecular weight is 427 g/mol. The quantitative estimate of drug-likeness (QED) is 0.716. The second kappa shape index (κ2) is 8.25. The first-order chi connectivity index (χ1) is 14.9. The molecule has 0 saturated carbocycles. The zero-order chi connectivity index (χ0) is 22.0. The maximum absolute atomic E-state index is 13.3. The van der Waals surface area contributed by atoms with Gasteiger partial charge in [-0.15, -0.1) is 0 Å². The second-order valence-corrected chi connectivity index (χ2v) is 7.35. The molecule has 31 heavy (non-hydrogen) atoms. The number of anilines is 1. The van der Waals surface area contributed by atoms with E-state index in [9.17, 15) is 18.8 Å². The van der Waals surface area contributed by atoms with Gasteiger partial charge in [-0.3, -0.25) is 14.5 Å². The Morgan fingerprint density at radius 2 is 1.84 bits per heavy atom. The third kappa shape index (κ3) is 3.90. The fourth-order valence-corrected chi connectivity index (χ4v) is 3.73. The van der Waals surface area contributed by atoms with Crippen LogP contribution in [0.1, 0.15) is 25.3 Å². The number of hydrogen-bond donors (Lipinski definition) is 2. The highest BCUT2D eigenvalue weighted by Crippen LogP contribution is 2.34. The first-order valence-electron chi connectivity index (χ1n) is 10.0. The van der Waals surface area contributed by atoms with Crippen LogP contribution in [0.2, 0.25) is 0 Å². The molecule has 1 saturated heterocycles. The topological polar surface area (TPSA) is 97.0 Å². The number of carbonyl (C=O) groups is 3. The first-order valence-corrected chi connectivity index (χ1v) is 10.0. The molecule has 0 unspecified atom stereocenters. The fourth-order valence-electron chi connectivity index (χ4n) is 3.73. The van der Waals surface area contributed by atoms with Crippen molar-refractivity contribution in [2.75, 3.05) is 25.1 Å². The van der Waals surface area contributed by atoms with E-state index >= 15 is 0 Å². The van der Waals surface area contributed by atoms with E-state index in [4.69, 9.17) is 9.47 Å². The van der Waals surface area contributed by atoms with Gasteiger partial charge in [0.2, 0.25) is 5.91 Å². The van der Waals surface area contributed by atoms with Crippen LogP contribution in [-0.2, 0) is 15.1 Å². The van der Waals surface area contributed by atoms with Crippen molar-refractivity contribution in [2.24, 2.45) is 0 Å². The van der Waals surface area contributed by atoms with Crippen molar-refractivity contribution in [3.8, 4) is 11.5 Å². The number of nitrogens with one attached hydrogen (secondary N) is 2. The van der Waals surface area contributed by atoms with Crippen LogP contribution in [0.3, 0.4) is 0 Å². The molecule has 2 aliphatic rings. The predicted octanol–water partition coefficient (Wildman–Crippen LogP) is 2.78. The third-order valence-corrected chi connectivity index (χ3v) is 5.38. The van der Waals surface area contributed by atoms with Gasteiger partial charge >= 0.3 is 6.03 Å². The Morgan fingerprint density at radius 3 is 2.55 bits per heavy atom. The second-order valence-electron chi connectivity index (χ2n) is 7.35. The van der Waals surface area contributed by atoms with Gasteiger partial charge < -0.3 is 20.1 Å². The van der Waals surface area contributed by atoms with E-state index in [1.54, 1.807) is 25.1 Å². The summed E-state index contributed by atoms with van der Waals surface area (Å²) in [5, 5.41) is 5.34. The summed E-state index contributed by atoms with van der Waals surface area (Å²) >= 11 is 0. The molecule has 8 nitrogen and oxygen atoms in total. The van der Waals surface area contributed by atoms with Crippen molar-refractivity contribution in [1.82, 2.24) is 10.2 Å². The first kappa shape index (κ1) is 20.6. The molecule has 2 heterocycles. The van der Waals surface area contributed by atoms with E-state index < -0.39 is 35.7 Å². The summed E-state index contributed by atoms with van der Waals surface area (Å²) in [5.41, 5.74) is -0.414. The summed E-state index contributed by atoms with van der Waals surface area (Å²) < 4.78 is 24.5. The minimum atomic E-state index is -1.33. The summed E-state index contributed by atoms with van der Waals surface area (Å²) in [6, 6.07) is 9.69. The number of nitrogens with zero attached hydrogens (tertiary/aromatic N) is 1. The lowest BCUT2D eigenvalue weighted by atomic mass is 9.87. The van der Waals surface area contributed by atoms with Gasteiger partial charge in [0.05, 0.1) is 13.2 Å². The molecule has 0 aromatic heterocycles. The SMILES string of the molecule is CC[C@@]1(c2ccc(F)cc2)NC(=O)N(CC(=O)Nc2ccc3c(c2)OCCCO3)C1=O. The molecule has 2 N–H and O–H groups in total. The molecule has 2 aromatic rings. The van der Waals surface area contributed by atoms with Crippen molar-refractivity contribution < 1.29 is 28.2 Å². The number of carbonyl (C=O) groups excluding carboxylic acids is 3. The van der Waals surface area contributed by atoms with Crippen LogP contribution < -0.4 is 20.1 Å². The number of imide groups is 1. The number of rotatable bonds is 5. The van der Waals surface area contributed by atoms with E-state index in [1.165, 1.54) is 24.3 Å². The van der Waals surface area contributed by atoms with Crippen LogP contribution in [0.4, 0.5) is 14.9 Å². The Kier molecular flexibility index (Phi) is 5.50. The maximum atomic E-state index is 13.3. The van der Waals surface area contributed by atoms with Gasteiger partial charge in [0.1, 0.15) is 17.9 Å². The van der Waals surface area contributed by atoms with Crippen molar-refractivity contribution in [2.45, 2.75) is 25.3 Å². The van der Waals surface area contributed by atoms with Crippen molar-refractivity contribution in [3.05, 3.63) is 53.8 Å². The lowest BCUT2D eigenvalue weighted by molar-refractivity contribution is -0.134. The van der Waals surface area contributed by atoms with Crippen LogP contribution in [0.5, 0.6) is 11.5 Å². The number of hydrogen-bond acceptors (Lipinski definition) is 5. The number of benzene rings is 2. The van der Waals surface area contributed by atoms with Crippen molar-refractivity contribution in [3.63, 3.8) is 0 Å². The van der Waals surface area contributed by atoms with Gasteiger partial charge in [-0.1, -0.05) is 19.1 Å². The molecule has 0 radical (unpaired) electrons. The van der Waals surface area contributed by atoms with Crippen molar-refractivity contribution >= 4 is 23.5 Å². The number of urea groups is 1. The molecular formula is C22H22FN3O5. The molecule has 162 valence electrons. The smallest absolute Gasteiger partial charge is 0.325 e. The molecule has 0 spiro atoms. The highest BCUT2D eigenvalue weighted by Gasteiger charge is 2.51. The summed E-state index contributed by atoms with van der Waals surface area (Å²) in [5.74, 6) is -0.425. The van der Waals surface area contributed by atoms with Crippen LogP contribution in [-0.4, -0.2) is 42.5 Å². The van der Waals surface area contributed by atoms with Crippen LogP contribution in [0.15, 0.2) is 42.5 Å². The molecule has 0 bridgehead atoms. The number of amides is 4. The normalized spacial score (nSPS) is 20.3. The Morgan fingerprint density at radius 1 is 1.13 bits per heavy atom. The standard InChI is InChI=1S/C22H22FN3O5/c1-2-22(14-4-6-15(23)7-5-14)20(28)26(21(29)25-22)13-19(27)24-16-8-9-17-18(12-16)31-11-3-10-30-17/h4-9,12H,2-3,10-11,13H2,1H3,(H,24,27)(H,25,29)/t22-/m0/s1. The molecular weight excluding hydrogens is 405 g/mol. The molecule has 9 heteroatoms. The van der Waals surface area contributed by atoms with Gasteiger partial charge in [-0.2, -0.15) is 0 Å². The summed E-state index contributed by atoms with van der Waals surface area (Å²) in [4.78, 5) is 39.1. The van der Waals surface area contributed by atoms with Crippen molar-refractivity contribution in [1.29, 1.82) is 0 Å².